The first-order chi connectivity index (χ1) is 9.85. The largest absolute Gasteiger partial charge is 0.316 e. The summed E-state index contributed by atoms with van der Waals surface area (Å²) < 4.78 is 0. The third-order valence-electron chi connectivity index (χ3n) is 3.88. The van der Waals surface area contributed by atoms with Gasteiger partial charge in [0.2, 0.25) is 0 Å². The Hall–Kier alpha value is -0.940. The number of thiazole rings is 1. The van der Waals surface area contributed by atoms with E-state index in [1.807, 2.05) is 17.5 Å². The van der Waals surface area contributed by atoms with E-state index >= 15 is 0 Å². The maximum atomic E-state index is 4.59. The molecule has 0 bridgehead atoms. The van der Waals surface area contributed by atoms with Gasteiger partial charge >= 0.3 is 0 Å². The molecule has 1 atom stereocenters. The van der Waals surface area contributed by atoms with Crippen molar-refractivity contribution in [2.75, 3.05) is 20.1 Å². The fourth-order valence-electron chi connectivity index (χ4n) is 2.75. The normalized spacial score (nSPS) is 19.2. The topological polar surface area (TPSA) is 28.2 Å². The predicted molar refractivity (Wildman–Crippen MR) is 92.2 cm³/mol. The molecule has 0 amide bonds. The molecule has 0 spiro atoms. The summed E-state index contributed by atoms with van der Waals surface area (Å²) in [6.07, 6.45) is 4.58. The van der Waals surface area contributed by atoms with Crippen LogP contribution in [-0.4, -0.2) is 36.1 Å². The summed E-state index contributed by atoms with van der Waals surface area (Å²) in [6, 6.07) is 11.1. The minimum absolute atomic E-state index is 0. The van der Waals surface area contributed by atoms with E-state index in [4.69, 9.17) is 0 Å². The van der Waals surface area contributed by atoms with Crippen molar-refractivity contribution < 1.29 is 0 Å². The Balaban J connectivity index is 0.00000161. The van der Waals surface area contributed by atoms with Crippen LogP contribution < -0.4 is 5.32 Å². The third kappa shape index (κ3) is 4.27. The lowest BCUT2D eigenvalue weighted by molar-refractivity contribution is 0.188. The van der Waals surface area contributed by atoms with Gasteiger partial charge < -0.3 is 5.32 Å². The molecule has 1 aliphatic rings. The van der Waals surface area contributed by atoms with Crippen molar-refractivity contribution >= 4 is 23.7 Å². The van der Waals surface area contributed by atoms with Crippen LogP contribution in [-0.2, 0) is 6.54 Å². The van der Waals surface area contributed by atoms with Crippen molar-refractivity contribution in [3.8, 4) is 10.4 Å². The molecule has 1 fully saturated rings. The van der Waals surface area contributed by atoms with Gasteiger partial charge in [-0.25, -0.2) is 4.98 Å². The zero-order valence-electron chi connectivity index (χ0n) is 12.3. The van der Waals surface area contributed by atoms with Crippen LogP contribution in [0.25, 0.3) is 10.4 Å². The highest BCUT2D eigenvalue weighted by Gasteiger charge is 2.19. The second-order valence-electron chi connectivity index (χ2n) is 5.35. The number of nitrogens with zero attached hydrogens (tertiary/aromatic N) is 2. The number of hydrogen-bond acceptors (Lipinski definition) is 4. The highest BCUT2D eigenvalue weighted by molar-refractivity contribution is 7.15. The molecule has 114 valence electrons. The maximum absolute atomic E-state index is 4.59. The molecular weight excluding hydrogens is 302 g/mol. The van der Waals surface area contributed by atoms with Crippen LogP contribution in [0.3, 0.4) is 0 Å². The van der Waals surface area contributed by atoms with E-state index in [1.54, 1.807) is 0 Å². The first kappa shape index (κ1) is 16.4. The van der Waals surface area contributed by atoms with Crippen molar-refractivity contribution in [1.29, 1.82) is 0 Å². The van der Waals surface area contributed by atoms with Gasteiger partial charge in [0.15, 0.2) is 0 Å². The molecule has 2 heterocycles. The minimum Gasteiger partial charge on any atom is -0.316 e. The molecule has 1 aromatic heterocycles. The summed E-state index contributed by atoms with van der Waals surface area (Å²) in [6.45, 7) is 3.31. The Kier molecular flexibility index (Phi) is 6.18. The van der Waals surface area contributed by atoms with E-state index in [0.717, 1.165) is 13.1 Å². The molecule has 3 rings (SSSR count). The molecule has 0 aliphatic carbocycles. The monoisotopic (exact) mass is 323 g/mol. The maximum Gasteiger partial charge on any atom is 0.107 e. The van der Waals surface area contributed by atoms with E-state index in [0.29, 0.717) is 6.04 Å². The summed E-state index contributed by atoms with van der Waals surface area (Å²) in [5.41, 5.74) is 1.27. The zero-order valence-corrected chi connectivity index (χ0v) is 13.9. The van der Waals surface area contributed by atoms with Gasteiger partial charge in [-0.3, -0.25) is 4.90 Å². The van der Waals surface area contributed by atoms with Gasteiger partial charge in [-0.15, -0.1) is 23.7 Å². The highest BCUT2D eigenvalue weighted by Crippen LogP contribution is 2.27. The van der Waals surface area contributed by atoms with Gasteiger partial charge in [-0.05, 0) is 32.0 Å². The summed E-state index contributed by atoms with van der Waals surface area (Å²) in [5.74, 6) is 0. The Morgan fingerprint density at radius 3 is 2.90 bits per heavy atom. The Bertz CT molecular complexity index is 543. The molecule has 1 aromatic carbocycles. The zero-order chi connectivity index (χ0) is 13.8. The second-order valence-corrected chi connectivity index (χ2v) is 6.46. The molecular formula is C16H22ClN3S. The number of piperidine rings is 1. The quantitative estimate of drug-likeness (QED) is 0.934. The van der Waals surface area contributed by atoms with E-state index in [9.17, 15) is 0 Å². The number of nitrogens with one attached hydrogen (secondary N) is 1. The van der Waals surface area contributed by atoms with Gasteiger partial charge in [0.1, 0.15) is 5.01 Å². The molecule has 0 radical (unpaired) electrons. The van der Waals surface area contributed by atoms with Crippen LogP contribution in [0.15, 0.2) is 36.5 Å². The minimum atomic E-state index is 0. The Labute approximate surface area is 136 Å². The molecule has 1 saturated heterocycles. The van der Waals surface area contributed by atoms with Gasteiger partial charge in [0.05, 0.1) is 11.4 Å². The van der Waals surface area contributed by atoms with E-state index in [2.05, 4.69) is 52.6 Å². The standard InChI is InChI=1S/C16H21N3S.ClH/c1-17-14-8-5-9-19(11-14)12-16-18-10-15(20-16)13-6-3-2-4-7-13;/h2-4,6-7,10,14,17H,5,8-9,11-12H2,1H3;1H. The molecule has 1 aliphatic heterocycles. The Morgan fingerprint density at radius 2 is 2.14 bits per heavy atom. The Morgan fingerprint density at radius 1 is 1.33 bits per heavy atom. The third-order valence-corrected chi connectivity index (χ3v) is 4.92. The molecule has 0 saturated carbocycles. The fourth-order valence-corrected chi connectivity index (χ4v) is 3.71. The number of rotatable bonds is 4. The van der Waals surface area contributed by atoms with Gasteiger partial charge in [0.25, 0.3) is 0 Å². The average molecular weight is 324 g/mol. The molecule has 1 N–H and O–H groups in total. The van der Waals surface area contributed by atoms with Crippen molar-refractivity contribution in [2.45, 2.75) is 25.4 Å². The van der Waals surface area contributed by atoms with E-state index in [-0.39, 0.29) is 12.4 Å². The lowest BCUT2D eigenvalue weighted by atomic mass is 10.1. The number of hydrogen-bond donors (Lipinski definition) is 1. The predicted octanol–water partition coefficient (Wildman–Crippen LogP) is 3.42. The van der Waals surface area contributed by atoms with Crippen LogP contribution in [0.2, 0.25) is 0 Å². The van der Waals surface area contributed by atoms with Crippen LogP contribution >= 0.6 is 23.7 Å². The second kappa shape index (κ2) is 7.90. The van der Waals surface area contributed by atoms with E-state index in [1.165, 1.54) is 34.8 Å². The number of aromatic nitrogens is 1. The van der Waals surface area contributed by atoms with Crippen molar-refractivity contribution in [3.05, 3.63) is 41.5 Å². The number of halogens is 1. The van der Waals surface area contributed by atoms with Crippen LogP contribution in [0.4, 0.5) is 0 Å². The fraction of sp³-hybridized carbons (Fsp3) is 0.438. The van der Waals surface area contributed by atoms with Crippen molar-refractivity contribution in [1.82, 2.24) is 15.2 Å². The van der Waals surface area contributed by atoms with E-state index < -0.39 is 0 Å². The van der Waals surface area contributed by atoms with Gasteiger partial charge in [-0.1, -0.05) is 30.3 Å². The summed E-state index contributed by atoms with van der Waals surface area (Å²) in [7, 11) is 2.06. The van der Waals surface area contributed by atoms with Crippen LogP contribution in [0, 0.1) is 0 Å². The summed E-state index contributed by atoms with van der Waals surface area (Å²) in [4.78, 5) is 8.37. The molecule has 3 nitrogen and oxygen atoms in total. The number of likely N-dealkylation sites (tertiary alicyclic amines) is 1. The number of benzene rings is 1. The summed E-state index contributed by atoms with van der Waals surface area (Å²) >= 11 is 1.82. The molecule has 5 heteroatoms. The highest BCUT2D eigenvalue weighted by atomic mass is 35.5. The SMILES string of the molecule is CNC1CCCN(Cc2ncc(-c3ccccc3)s2)C1.Cl. The van der Waals surface area contributed by atoms with Gasteiger partial charge in [0, 0.05) is 18.8 Å². The number of likely N-dealkylation sites (N-methyl/N-ethyl adjacent to an activating group) is 1. The van der Waals surface area contributed by atoms with Crippen LogP contribution in [0.1, 0.15) is 17.8 Å². The lowest BCUT2D eigenvalue weighted by Crippen LogP contribution is -2.43. The lowest BCUT2D eigenvalue weighted by Gasteiger charge is -2.31. The molecule has 2 aromatic rings. The van der Waals surface area contributed by atoms with Crippen LogP contribution in [0.5, 0.6) is 0 Å². The van der Waals surface area contributed by atoms with Crippen molar-refractivity contribution in [2.24, 2.45) is 0 Å². The first-order valence-corrected chi connectivity index (χ1v) is 8.06. The average Bonchev–Trinajstić information content (AvgIpc) is 2.97. The first-order valence-electron chi connectivity index (χ1n) is 7.25. The summed E-state index contributed by atoms with van der Waals surface area (Å²) in [5, 5.41) is 4.61. The molecule has 21 heavy (non-hydrogen) atoms. The molecule has 1 unspecified atom stereocenters. The van der Waals surface area contributed by atoms with Crippen molar-refractivity contribution in [3.63, 3.8) is 0 Å². The smallest absolute Gasteiger partial charge is 0.107 e. The van der Waals surface area contributed by atoms with Gasteiger partial charge in [-0.2, -0.15) is 0 Å².